The fourth-order valence-corrected chi connectivity index (χ4v) is 4.45. The van der Waals surface area contributed by atoms with E-state index in [9.17, 15) is 9.90 Å². The number of likely N-dealkylation sites (N-methyl/N-ethyl adjacent to an activating group) is 1. The van der Waals surface area contributed by atoms with Crippen LogP contribution in [0.1, 0.15) is 109 Å². The van der Waals surface area contributed by atoms with Crippen molar-refractivity contribution in [2.24, 2.45) is 0 Å². The number of carbonyl (C=O) groups is 1. The van der Waals surface area contributed by atoms with Crippen LogP contribution in [0.2, 0.25) is 0 Å². The molecule has 0 spiro atoms. The fraction of sp³-hybridized carbons (Fsp3) is 0.759. The number of unbranched alkanes of at least 4 members (excludes halogenated alkanes) is 10. The van der Waals surface area contributed by atoms with Crippen LogP contribution in [0.15, 0.2) is 18.2 Å². The molecule has 1 aliphatic heterocycles. The lowest BCUT2D eigenvalue weighted by Crippen LogP contribution is -2.47. The van der Waals surface area contributed by atoms with Crippen molar-refractivity contribution in [2.45, 2.75) is 116 Å². The Bertz CT molecular complexity index is 725. The highest BCUT2D eigenvalue weighted by Gasteiger charge is 2.26. The number of carbonyl (C=O) groups excluding carboxylic acids is 1. The maximum Gasteiger partial charge on any atom is 0.220 e. The highest BCUT2D eigenvalue weighted by Crippen LogP contribution is 2.33. The maximum atomic E-state index is 12.7. The molecule has 1 unspecified atom stereocenters. The number of hydrogen-bond donors (Lipinski definition) is 2. The van der Waals surface area contributed by atoms with Gasteiger partial charge in [-0.25, -0.2) is 0 Å². The van der Waals surface area contributed by atoms with E-state index in [0.717, 1.165) is 18.4 Å². The molecule has 0 radical (unpaired) electrons. The van der Waals surface area contributed by atoms with Gasteiger partial charge in [0.25, 0.3) is 0 Å². The first-order valence-electron chi connectivity index (χ1n) is 14.0. The van der Waals surface area contributed by atoms with Gasteiger partial charge in [-0.05, 0) is 45.0 Å². The van der Waals surface area contributed by atoms with Crippen molar-refractivity contribution >= 4 is 5.91 Å². The third-order valence-electron chi connectivity index (χ3n) is 7.01. The number of nitrogens with one attached hydrogen (secondary N) is 1. The molecular weight excluding hydrogens is 440 g/mol. The average Bonchev–Trinajstić information content (AvgIpc) is 2.86. The molecule has 2 N–H and O–H groups in total. The largest absolute Gasteiger partial charge is 0.486 e. The van der Waals surface area contributed by atoms with Crippen molar-refractivity contribution in [3.63, 3.8) is 0 Å². The minimum Gasteiger partial charge on any atom is -0.486 e. The molecule has 2 rings (SSSR count). The summed E-state index contributed by atoms with van der Waals surface area (Å²) in [7, 11) is 2.02. The zero-order valence-electron chi connectivity index (χ0n) is 22.7. The van der Waals surface area contributed by atoms with E-state index >= 15 is 0 Å². The van der Waals surface area contributed by atoms with Gasteiger partial charge in [0, 0.05) is 19.0 Å². The van der Waals surface area contributed by atoms with Crippen molar-refractivity contribution in [3.05, 3.63) is 23.8 Å². The average molecular weight is 491 g/mol. The first kappa shape index (κ1) is 29.4. The van der Waals surface area contributed by atoms with E-state index < -0.39 is 12.1 Å². The third-order valence-corrected chi connectivity index (χ3v) is 7.01. The van der Waals surface area contributed by atoms with Gasteiger partial charge in [-0.15, -0.1) is 0 Å². The summed E-state index contributed by atoms with van der Waals surface area (Å²) in [5.41, 5.74) is 0.728. The van der Waals surface area contributed by atoms with Crippen LogP contribution in [0, 0.1) is 0 Å². The molecule has 0 fully saturated rings. The first-order valence-corrected chi connectivity index (χ1v) is 14.0. The molecule has 1 aromatic rings. The number of hydrogen-bond acceptors (Lipinski definition) is 5. The van der Waals surface area contributed by atoms with Gasteiger partial charge in [-0.1, -0.05) is 77.2 Å². The molecule has 1 aliphatic rings. The minimum atomic E-state index is -0.826. The lowest BCUT2D eigenvalue weighted by Gasteiger charge is -2.31. The molecule has 1 amide bonds. The molecule has 1 heterocycles. The smallest absolute Gasteiger partial charge is 0.220 e. The number of ether oxygens (including phenoxy) is 2. The molecule has 0 aliphatic carbocycles. The van der Waals surface area contributed by atoms with Crippen molar-refractivity contribution in [2.75, 3.05) is 26.8 Å². The van der Waals surface area contributed by atoms with Crippen LogP contribution in [-0.4, -0.2) is 54.8 Å². The van der Waals surface area contributed by atoms with Gasteiger partial charge in [0.1, 0.15) is 19.3 Å². The number of rotatable bonds is 18. The molecular formula is C29H50N2O4. The summed E-state index contributed by atoms with van der Waals surface area (Å²) in [5.74, 6) is 1.36. The van der Waals surface area contributed by atoms with Crippen LogP contribution >= 0.6 is 0 Å². The zero-order valence-corrected chi connectivity index (χ0v) is 22.7. The molecule has 0 bridgehead atoms. The summed E-state index contributed by atoms with van der Waals surface area (Å²) in [4.78, 5) is 14.9. The van der Waals surface area contributed by atoms with Crippen molar-refractivity contribution in [3.8, 4) is 11.5 Å². The number of aliphatic hydroxyl groups is 1. The molecule has 1 aromatic carbocycles. The summed E-state index contributed by atoms with van der Waals surface area (Å²) in [6.07, 6.45) is 13.6. The van der Waals surface area contributed by atoms with Crippen LogP contribution in [0.4, 0.5) is 0 Å². The second-order valence-electron chi connectivity index (χ2n) is 10.3. The van der Waals surface area contributed by atoms with E-state index in [1.807, 2.05) is 25.2 Å². The normalized spacial score (nSPS) is 14.8. The number of fused-ring (bicyclic) bond motifs is 1. The predicted molar refractivity (Wildman–Crippen MR) is 143 cm³/mol. The maximum absolute atomic E-state index is 12.7. The van der Waals surface area contributed by atoms with Crippen molar-refractivity contribution in [1.29, 1.82) is 0 Å². The first-order chi connectivity index (χ1) is 16.9. The molecule has 0 saturated carbocycles. The molecule has 200 valence electrons. The van der Waals surface area contributed by atoms with Crippen LogP contribution < -0.4 is 14.8 Å². The van der Waals surface area contributed by atoms with Gasteiger partial charge >= 0.3 is 0 Å². The van der Waals surface area contributed by atoms with Gasteiger partial charge < -0.3 is 24.8 Å². The highest BCUT2D eigenvalue weighted by atomic mass is 16.6. The monoisotopic (exact) mass is 490 g/mol. The minimum absolute atomic E-state index is 0.0136. The number of amides is 1. The van der Waals surface area contributed by atoms with Gasteiger partial charge in [-0.2, -0.15) is 0 Å². The molecule has 6 heteroatoms. The van der Waals surface area contributed by atoms with Gasteiger partial charge in [0.05, 0.1) is 6.04 Å². The van der Waals surface area contributed by atoms with E-state index in [1.165, 1.54) is 57.8 Å². The van der Waals surface area contributed by atoms with Crippen molar-refractivity contribution in [1.82, 2.24) is 10.2 Å². The van der Waals surface area contributed by atoms with Crippen LogP contribution in [0.25, 0.3) is 0 Å². The highest BCUT2D eigenvalue weighted by molar-refractivity contribution is 5.76. The predicted octanol–water partition coefficient (Wildman–Crippen LogP) is 6.02. The molecule has 0 saturated heterocycles. The molecule has 2 atom stereocenters. The Labute approximate surface area is 213 Å². The number of aliphatic hydroxyl groups excluding tert-OH is 1. The zero-order chi connectivity index (χ0) is 25.5. The molecule has 35 heavy (non-hydrogen) atoms. The van der Waals surface area contributed by atoms with E-state index in [-0.39, 0.29) is 5.91 Å². The Balaban J connectivity index is 1.77. The van der Waals surface area contributed by atoms with Crippen molar-refractivity contribution < 1.29 is 19.4 Å². The Kier molecular flexibility index (Phi) is 14.1. The summed E-state index contributed by atoms with van der Waals surface area (Å²) in [5, 5.41) is 14.3. The second kappa shape index (κ2) is 16.8. The van der Waals surface area contributed by atoms with E-state index in [0.29, 0.717) is 43.7 Å². The standard InChI is InChI=1S/C29H50N2O4/c1-5-6-7-8-9-10-11-12-13-14-15-16-28(32)30-25(22-31(4)23(2)3)29(33)24-17-18-26-27(21-24)35-20-19-34-26/h17-18,21,23,25,29,33H,5-16,19-20,22H2,1-4H3,(H,30,32)/t25-,29?/m1/s1. The van der Waals surface area contributed by atoms with Gasteiger partial charge in [0.2, 0.25) is 5.91 Å². The quantitative estimate of drug-likeness (QED) is 0.246. The topological polar surface area (TPSA) is 71.0 Å². The second-order valence-corrected chi connectivity index (χ2v) is 10.3. The van der Waals surface area contributed by atoms with Crippen LogP contribution in [0.5, 0.6) is 11.5 Å². The summed E-state index contributed by atoms with van der Waals surface area (Å²) >= 11 is 0. The SMILES string of the molecule is CCCCCCCCCCCCCC(=O)N[C@H](CN(C)C(C)C)C(O)c1ccc2c(c1)OCCO2. The molecule has 6 nitrogen and oxygen atoms in total. The van der Waals surface area contributed by atoms with E-state index in [1.54, 1.807) is 0 Å². The van der Waals surface area contributed by atoms with E-state index in [4.69, 9.17) is 9.47 Å². The van der Waals surface area contributed by atoms with Crippen LogP contribution in [-0.2, 0) is 4.79 Å². The number of nitrogens with zero attached hydrogens (tertiary/aromatic N) is 1. The lowest BCUT2D eigenvalue weighted by molar-refractivity contribution is -0.123. The fourth-order valence-electron chi connectivity index (χ4n) is 4.45. The Morgan fingerprint density at radius 3 is 2.11 bits per heavy atom. The lowest BCUT2D eigenvalue weighted by atomic mass is 10.00. The summed E-state index contributed by atoms with van der Waals surface area (Å²) < 4.78 is 11.3. The Morgan fingerprint density at radius 1 is 0.943 bits per heavy atom. The Morgan fingerprint density at radius 2 is 1.51 bits per heavy atom. The number of benzene rings is 1. The van der Waals surface area contributed by atoms with Gasteiger partial charge in [-0.3, -0.25) is 4.79 Å². The van der Waals surface area contributed by atoms with Crippen LogP contribution in [0.3, 0.4) is 0 Å². The summed E-state index contributed by atoms with van der Waals surface area (Å²) in [6.45, 7) is 8.08. The summed E-state index contributed by atoms with van der Waals surface area (Å²) in [6, 6.07) is 5.44. The molecule has 0 aromatic heterocycles. The third kappa shape index (κ3) is 11.2. The van der Waals surface area contributed by atoms with Gasteiger partial charge in [0.15, 0.2) is 11.5 Å². The van der Waals surface area contributed by atoms with E-state index in [2.05, 4.69) is 31.0 Å². The Hall–Kier alpha value is -1.79.